The van der Waals surface area contributed by atoms with Gasteiger partial charge in [0.2, 0.25) is 0 Å². The lowest BCUT2D eigenvalue weighted by Crippen LogP contribution is -2.22. The molecular formula is C8H12NO. The fraction of sp³-hybridized carbons (Fsp3) is 0.375. The Kier molecular flexibility index (Phi) is 5.44. The summed E-state index contributed by atoms with van der Waals surface area (Å²) in [6.45, 7) is 8.30. The Labute approximate surface area is 61.8 Å². The van der Waals surface area contributed by atoms with Crippen molar-refractivity contribution in [1.29, 1.82) is 0 Å². The Bertz CT molecular complexity index is 120. The number of hydrogen-bond acceptors (Lipinski definition) is 1. The summed E-state index contributed by atoms with van der Waals surface area (Å²) in [5.41, 5.74) is 0. The molecule has 0 aliphatic heterocycles. The monoisotopic (exact) mass is 138 g/mol. The lowest BCUT2D eigenvalue weighted by Gasteiger charge is -2.10. The van der Waals surface area contributed by atoms with Crippen molar-refractivity contribution in [2.45, 2.75) is 6.42 Å². The van der Waals surface area contributed by atoms with Crippen molar-refractivity contribution in [3.05, 3.63) is 25.3 Å². The second-order valence-electron chi connectivity index (χ2n) is 1.90. The van der Waals surface area contributed by atoms with Crippen molar-refractivity contribution in [1.82, 2.24) is 4.90 Å². The molecule has 0 fully saturated rings. The molecule has 0 heterocycles. The first-order valence-corrected chi connectivity index (χ1v) is 3.19. The third-order valence-electron chi connectivity index (χ3n) is 1.08. The predicted molar refractivity (Wildman–Crippen MR) is 42.3 cm³/mol. The van der Waals surface area contributed by atoms with E-state index >= 15 is 0 Å². The van der Waals surface area contributed by atoms with Gasteiger partial charge in [-0.3, -0.25) is 4.79 Å². The van der Waals surface area contributed by atoms with Crippen LogP contribution in [-0.4, -0.2) is 24.4 Å². The van der Waals surface area contributed by atoms with Gasteiger partial charge in [0.05, 0.1) is 0 Å². The second-order valence-corrected chi connectivity index (χ2v) is 1.90. The van der Waals surface area contributed by atoms with Crippen molar-refractivity contribution in [2.75, 3.05) is 13.1 Å². The number of carbonyl (C=O) groups excluding carboxylic acids is 1. The minimum atomic E-state index is 0.567. The van der Waals surface area contributed by atoms with E-state index in [-0.39, 0.29) is 0 Å². The van der Waals surface area contributed by atoms with Crippen LogP contribution < -0.4 is 0 Å². The van der Waals surface area contributed by atoms with Crippen molar-refractivity contribution in [3.8, 4) is 0 Å². The lowest BCUT2D eigenvalue weighted by atomic mass is 10.4. The zero-order chi connectivity index (χ0) is 7.82. The van der Waals surface area contributed by atoms with Crippen LogP contribution in [0.1, 0.15) is 6.42 Å². The van der Waals surface area contributed by atoms with Crippen molar-refractivity contribution >= 4 is 6.41 Å². The summed E-state index contributed by atoms with van der Waals surface area (Å²) in [6, 6.07) is 0. The third kappa shape index (κ3) is 3.89. The molecule has 0 unspecified atom stereocenters. The molecule has 0 atom stereocenters. The molecule has 0 aromatic heterocycles. The Balaban J connectivity index is 3.47. The first-order valence-electron chi connectivity index (χ1n) is 3.19. The molecule has 0 rings (SSSR count). The van der Waals surface area contributed by atoms with Gasteiger partial charge in [0.1, 0.15) is 0 Å². The zero-order valence-corrected chi connectivity index (χ0v) is 6.05. The Hall–Kier alpha value is -1.05. The quantitative estimate of drug-likeness (QED) is 0.398. The summed E-state index contributed by atoms with van der Waals surface area (Å²) >= 11 is 0. The van der Waals surface area contributed by atoms with Crippen LogP contribution in [-0.2, 0) is 4.79 Å². The molecule has 2 nitrogen and oxygen atoms in total. The topological polar surface area (TPSA) is 20.3 Å². The van der Waals surface area contributed by atoms with E-state index in [1.807, 2.05) is 0 Å². The number of hydrogen-bond donors (Lipinski definition) is 0. The third-order valence-corrected chi connectivity index (χ3v) is 1.08. The van der Waals surface area contributed by atoms with E-state index in [1.54, 1.807) is 18.6 Å². The molecule has 0 N–H and O–H groups in total. The molecule has 0 saturated carbocycles. The first kappa shape index (κ1) is 8.95. The van der Waals surface area contributed by atoms with Crippen molar-refractivity contribution < 1.29 is 4.79 Å². The maximum absolute atomic E-state index is 10.1. The van der Waals surface area contributed by atoms with E-state index in [2.05, 4.69) is 13.2 Å². The maximum Gasteiger partial charge on any atom is 0.312 e. The standard InChI is InChI=1S/C8H12NO/c1-3-5-7-9(8-10)6-4-2/h3-4H,1-2,5-7H2. The molecular weight excluding hydrogens is 126 g/mol. The molecule has 1 radical (unpaired) electrons. The van der Waals surface area contributed by atoms with Crippen LogP contribution in [0.15, 0.2) is 25.3 Å². The van der Waals surface area contributed by atoms with Crippen molar-refractivity contribution in [2.24, 2.45) is 0 Å². The molecule has 0 aromatic rings. The van der Waals surface area contributed by atoms with E-state index in [0.29, 0.717) is 13.1 Å². The fourth-order valence-electron chi connectivity index (χ4n) is 0.577. The van der Waals surface area contributed by atoms with Gasteiger partial charge in [0.15, 0.2) is 0 Å². The Morgan fingerprint density at radius 1 is 1.40 bits per heavy atom. The molecule has 0 saturated heterocycles. The van der Waals surface area contributed by atoms with Crippen LogP contribution in [0.4, 0.5) is 0 Å². The SMILES string of the molecule is C=CCCN([C]=O)CC=C. The Morgan fingerprint density at radius 2 is 2.10 bits per heavy atom. The summed E-state index contributed by atoms with van der Waals surface area (Å²) < 4.78 is 0. The van der Waals surface area contributed by atoms with Gasteiger partial charge < -0.3 is 4.90 Å². The van der Waals surface area contributed by atoms with E-state index in [4.69, 9.17) is 0 Å². The highest BCUT2D eigenvalue weighted by Crippen LogP contribution is 1.87. The van der Waals surface area contributed by atoms with Crippen LogP contribution in [0.3, 0.4) is 0 Å². The molecule has 0 bridgehead atoms. The molecule has 0 aliphatic carbocycles. The normalized spacial score (nSPS) is 8.40. The van der Waals surface area contributed by atoms with Crippen LogP contribution >= 0.6 is 0 Å². The molecule has 55 valence electrons. The van der Waals surface area contributed by atoms with Gasteiger partial charge in [-0.25, -0.2) is 0 Å². The highest BCUT2D eigenvalue weighted by molar-refractivity contribution is 5.48. The first-order chi connectivity index (χ1) is 4.85. The fourth-order valence-corrected chi connectivity index (χ4v) is 0.577. The maximum atomic E-state index is 10.1. The van der Waals surface area contributed by atoms with Crippen LogP contribution in [0, 0.1) is 0 Å². The van der Waals surface area contributed by atoms with Gasteiger partial charge in [-0.1, -0.05) is 12.2 Å². The summed E-state index contributed by atoms with van der Waals surface area (Å²) in [5, 5.41) is 0. The lowest BCUT2D eigenvalue weighted by molar-refractivity contribution is 0.413. The molecule has 10 heavy (non-hydrogen) atoms. The molecule has 1 amide bonds. The largest absolute Gasteiger partial charge is 0.330 e. The molecule has 0 aliphatic rings. The van der Waals surface area contributed by atoms with Crippen LogP contribution in [0.5, 0.6) is 0 Å². The van der Waals surface area contributed by atoms with Gasteiger partial charge >= 0.3 is 6.41 Å². The van der Waals surface area contributed by atoms with E-state index in [1.165, 1.54) is 4.90 Å². The van der Waals surface area contributed by atoms with Crippen LogP contribution in [0.2, 0.25) is 0 Å². The Morgan fingerprint density at radius 3 is 2.50 bits per heavy atom. The minimum Gasteiger partial charge on any atom is -0.330 e. The van der Waals surface area contributed by atoms with E-state index in [9.17, 15) is 4.79 Å². The minimum absolute atomic E-state index is 0.567. The van der Waals surface area contributed by atoms with Gasteiger partial charge in [-0.2, -0.15) is 0 Å². The number of nitrogens with zero attached hydrogens (tertiary/aromatic N) is 1. The van der Waals surface area contributed by atoms with Crippen LogP contribution in [0.25, 0.3) is 0 Å². The highest BCUT2D eigenvalue weighted by Gasteiger charge is 1.95. The summed E-state index contributed by atoms with van der Waals surface area (Å²) in [6.07, 6.45) is 6.06. The number of rotatable bonds is 6. The summed E-state index contributed by atoms with van der Waals surface area (Å²) in [4.78, 5) is 11.6. The van der Waals surface area contributed by atoms with Gasteiger partial charge in [-0.05, 0) is 6.42 Å². The smallest absolute Gasteiger partial charge is 0.312 e. The molecule has 2 heteroatoms. The highest BCUT2D eigenvalue weighted by atomic mass is 16.1. The van der Waals surface area contributed by atoms with E-state index in [0.717, 1.165) is 6.42 Å². The van der Waals surface area contributed by atoms with Gasteiger partial charge in [0.25, 0.3) is 0 Å². The average Bonchev–Trinajstić information content (AvgIpc) is 1.98. The summed E-state index contributed by atoms with van der Waals surface area (Å²) in [5.74, 6) is 0. The average molecular weight is 138 g/mol. The molecule has 0 spiro atoms. The zero-order valence-electron chi connectivity index (χ0n) is 6.05. The molecule has 0 aromatic carbocycles. The summed E-state index contributed by atoms with van der Waals surface area (Å²) in [7, 11) is 0. The number of amides is 1. The van der Waals surface area contributed by atoms with Crippen molar-refractivity contribution in [3.63, 3.8) is 0 Å². The predicted octanol–water partition coefficient (Wildman–Crippen LogP) is 1.12. The second kappa shape index (κ2) is 6.08. The van der Waals surface area contributed by atoms with E-state index < -0.39 is 0 Å². The van der Waals surface area contributed by atoms with Gasteiger partial charge in [0, 0.05) is 13.1 Å². The van der Waals surface area contributed by atoms with Gasteiger partial charge in [-0.15, -0.1) is 13.2 Å².